The van der Waals surface area contributed by atoms with Crippen LogP contribution in [0.15, 0.2) is 18.2 Å². The van der Waals surface area contributed by atoms with Gasteiger partial charge in [-0.1, -0.05) is 23.6 Å². The third-order valence-corrected chi connectivity index (χ3v) is 1.86. The van der Waals surface area contributed by atoms with Gasteiger partial charge in [-0.05, 0) is 31.5 Å². The second kappa shape index (κ2) is 4.79. The summed E-state index contributed by atoms with van der Waals surface area (Å²) in [7, 11) is 0. The molecule has 2 heteroatoms. The summed E-state index contributed by atoms with van der Waals surface area (Å²) in [4.78, 5) is 0. The Morgan fingerprint density at radius 1 is 1.46 bits per heavy atom. The molecule has 0 aliphatic carbocycles. The highest BCUT2D eigenvalue weighted by atomic mass is 35.5. The summed E-state index contributed by atoms with van der Waals surface area (Å²) in [6.07, 6.45) is 0. The van der Waals surface area contributed by atoms with Crippen molar-refractivity contribution in [3.63, 3.8) is 0 Å². The minimum absolute atomic E-state index is 0.414. The van der Waals surface area contributed by atoms with Gasteiger partial charge < -0.3 is 4.74 Å². The van der Waals surface area contributed by atoms with Crippen LogP contribution in [-0.2, 0) is 0 Å². The van der Waals surface area contributed by atoms with Gasteiger partial charge in [-0.15, -0.1) is 5.92 Å². The first-order valence-electron chi connectivity index (χ1n) is 4.02. The number of rotatable bonds is 2. The summed E-state index contributed by atoms with van der Waals surface area (Å²) >= 11 is 5.81. The second-order valence-electron chi connectivity index (χ2n) is 2.63. The zero-order chi connectivity index (χ0) is 9.68. The maximum Gasteiger partial charge on any atom is 0.149 e. The molecule has 0 fully saturated rings. The molecule has 0 N–H and O–H groups in total. The van der Waals surface area contributed by atoms with Gasteiger partial charge in [0.2, 0.25) is 0 Å². The molecule has 1 aromatic rings. The Labute approximate surface area is 83.7 Å². The van der Waals surface area contributed by atoms with Gasteiger partial charge in [-0.25, -0.2) is 0 Å². The smallest absolute Gasteiger partial charge is 0.149 e. The van der Waals surface area contributed by atoms with Crippen LogP contribution >= 0.6 is 11.6 Å². The normalized spacial score (nSPS) is 8.85. The third kappa shape index (κ3) is 3.01. The highest BCUT2D eigenvalue weighted by Gasteiger charge is 1.98. The Bertz CT molecular complexity index is 347. The third-order valence-electron chi connectivity index (χ3n) is 1.63. The molecule has 0 radical (unpaired) electrons. The molecule has 1 aromatic carbocycles. The molecule has 0 heterocycles. The van der Waals surface area contributed by atoms with Gasteiger partial charge in [0.25, 0.3) is 0 Å². The molecule has 0 aliphatic heterocycles. The van der Waals surface area contributed by atoms with E-state index in [1.165, 1.54) is 0 Å². The summed E-state index contributed by atoms with van der Waals surface area (Å²) in [6, 6.07) is 5.57. The highest BCUT2D eigenvalue weighted by Crippen LogP contribution is 2.22. The fourth-order valence-electron chi connectivity index (χ4n) is 0.915. The van der Waals surface area contributed by atoms with Gasteiger partial charge in [0.05, 0.1) is 0 Å². The molecule has 0 amide bonds. The van der Waals surface area contributed by atoms with Crippen LogP contribution in [0.25, 0.3) is 0 Å². The van der Waals surface area contributed by atoms with E-state index in [1.807, 2.05) is 19.1 Å². The standard InChI is InChI=1S/C11H11ClO/c1-3-4-7-13-11-8-10(12)6-5-9(11)2/h5-6,8H,7H2,1-2H3. The monoisotopic (exact) mass is 194 g/mol. The fourth-order valence-corrected chi connectivity index (χ4v) is 1.08. The quantitative estimate of drug-likeness (QED) is 0.658. The average Bonchev–Trinajstić information content (AvgIpc) is 2.11. The van der Waals surface area contributed by atoms with Crippen LogP contribution in [0.4, 0.5) is 0 Å². The molecule has 0 spiro atoms. The number of hydrogen-bond donors (Lipinski definition) is 0. The lowest BCUT2D eigenvalue weighted by Crippen LogP contribution is -1.95. The van der Waals surface area contributed by atoms with Crippen molar-refractivity contribution < 1.29 is 4.74 Å². The minimum Gasteiger partial charge on any atom is -0.481 e. The maximum atomic E-state index is 5.81. The Morgan fingerprint density at radius 2 is 2.23 bits per heavy atom. The summed E-state index contributed by atoms with van der Waals surface area (Å²) in [5.74, 6) is 6.39. The first kappa shape index (κ1) is 9.95. The number of hydrogen-bond acceptors (Lipinski definition) is 1. The lowest BCUT2D eigenvalue weighted by Gasteiger charge is -2.05. The first-order valence-corrected chi connectivity index (χ1v) is 4.40. The molecule has 1 rings (SSSR count). The Kier molecular flexibility index (Phi) is 3.67. The zero-order valence-corrected chi connectivity index (χ0v) is 8.48. The van der Waals surface area contributed by atoms with Crippen molar-refractivity contribution in [2.45, 2.75) is 13.8 Å². The molecule has 0 unspecified atom stereocenters. The van der Waals surface area contributed by atoms with E-state index >= 15 is 0 Å². The van der Waals surface area contributed by atoms with Gasteiger partial charge in [0.15, 0.2) is 0 Å². The topological polar surface area (TPSA) is 9.23 Å². The van der Waals surface area contributed by atoms with E-state index in [4.69, 9.17) is 16.3 Å². The molecule has 0 aromatic heterocycles. The fraction of sp³-hybridized carbons (Fsp3) is 0.273. The first-order chi connectivity index (χ1) is 6.24. The van der Waals surface area contributed by atoms with Crippen LogP contribution in [0.3, 0.4) is 0 Å². The van der Waals surface area contributed by atoms with E-state index in [0.717, 1.165) is 11.3 Å². The van der Waals surface area contributed by atoms with Gasteiger partial charge in [-0.2, -0.15) is 0 Å². The van der Waals surface area contributed by atoms with Crippen molar-refractivity contribution in [1.29, 1.82) is 0 Å². The second-order valence-corrected chi connectivity index (χ2v) is 3.06. The van der Waals surface area contributed by atoms with Crippen molar-refractivity contribution in [3.8, 4) is 17.6 Å². The van der Waals surface area contributed by atoms with Gasteiger partial charge in [-0.3, -0.25) is 0 Å². The number of halogens is 1. The highest BCUT2D eigenvalue weighted by molar-refractivity contribution is 6.30. The van der Waals surface area contributed by atoms with Crippen LogP contribution < -0.4 is 4.74 Å². The van der Waals surface area contributed by atoms with Crippen molar-refractivity contribution in [1.82, 2.24) is 0 Å². The molecule has 0 aliphatic rings. The summed E-state index contributed by atoms with van der Waals surface area (Å²) in [6.45, 7) is 4.18. The SMILES string of the molecule is CC#CCOc1cc(Cl)ccc1C. The van der Waals surface area contributed by atoms with Gasteiger partial charge in [0, 0.05) is 5.02 Å². The number of benzene rings is 1. The number of ether oxygens (including phenoxy) is 1. The Morgan fingerprint density at radius 3 is 2.92 bits per heavy atom. The van der Waals surface area contributed by atoms with Crippen LogP contribution in [0.2, 0.25) is 5.02 Å². The van der Waals surface area contributed by atoms with Crippen molar-refractivity contribution >= 4 is 11.6 Å². The van der Waals surface area contributed by atoms with Crippen LogP contribution in [-0.4, -0.2) is 6.61 Å². The molecular weight excluding hydrogens is 184 g/mol. The molecule has 0 saturated carbocycles. The van der Waals surface area contributed by atoms with Gasteiger partial charge in [0.1, 0.15) is 12.4 Å². The summed E-state index contributed by atoms with van der Waals surface area (Å²) in [5, 5.41) is 0.685. The largest absolute Gasteiger partial charge is 0.481 e. The zero-order valence-electron chi connectivity index (χ0n) is 7.73. The van der Waals surface area contributed by atoms with Gasteiger partial charge >= 0.3 is 0 Å². The molecule has 68 valence electrons. The maximum absolute atomic E-state index is 5.81. The van der Waals surface area contributed by atoms with Crippen LogP contribution in [0.5, 0.6) is 5.75 Å². The van der Waals surface area contributed by atoms with Crippen LogP contribution in [0, 0.1) is 18.8 Å². The predicted molar refractivity (Wildman–Crippen MR) is 55.1 cm³/mol. The Hall–Kier alpha value is -1.13. The van der Waals surface area contributed by atoms with E-state index < -0.39 is 0 Å². The molecule has 0 atom stereocenters. The molecule has 13 heavy (non-hydrogen) atoms. The summed E-state index contributed by atoms with van der Waals surface area (Å²) < 4.78 is 5.40. The van der Waals surface area contributed by atoms with Crippen molar-refractivity contribution in [2.24, 2.45) is 0 Å². The van der Waals surface area contributed by atoms with Crippen molar-refractivity contribution in [2.75, 3.05) is 6.61 Å². The summed E-state index contributed by atoms with van der Waals surface area (Å²) in [5.41, 5.74) is 1.07. The lowest BCUT2D eigenvalue weighted by molar-refractivity contribution is 0.367. The average molecular weight is 195 g/mol. The molecular formula is C11H11ClO. The number of aryl methyl sites for hydroxylation is 1. The lowest BCUT2D eigenvalue weighted by atomic mass is 10.2. The van der Waals surface area contributed by atoms with Crippen LogP contribution in [0.1, 0.15) is 12.5 Å². The van der Waals surface area contributed by atoms with E-state index in [0.29, 0.717) is 11.6 Å². The predicted octanol–water partition coefficient (Wildman–Crippen LogP) is 3.05. The molecule has 0 bridgehead atoms. The van der Waals surface area contributed by atoms with Crippen molar-refractivity contribution in [3.05, 3.63) is 28.8 Å². The van der Waals surface area contributed by atoms with E-state index in [1.54, 1.807) is 13.0 Å². The molecule has 1 nitrogen and oxygen atoms in total. The Balaban J connectivity index is 2.73. The minimum atomic E-state index is 0.414. The van der Waals surface area contributed by atoms with E-state index in [2.05, 4.69) is 11.8 Å². The molecule has 0 saturated heterocycles. The van der Waals surface area contributed by atoms with E-state index in [9.17, 15) is 0 Å². The van der Waals surface area contributed by atoms with E-state index in [-0.39, 0.29) is 0 Å².